The van der Waals surface area contributed by atoms with E-state index in [-0.39, 0.29) is 0 Å². The highest BCUT2D eigenvalue weighted by molar-refractivity contribution is 5.35. The number of fused-ring (bicyclic) bond motifs is 1. The molecule has 0 bridgehead atoms. The number of hydrogen-bond donors (Lipinski definition) is 4. The van der Waals surface area contributed by atoms with Crippen LogP contribution in [0.15, 0.2) is 35.5 Å². The van der Waals surface area contributed by atoms with Crippen molar-refractivity contribution in [1.82, 2.24) is 0 Å². The second-order valence-corrected chi connectivity index (χ2v) is 11.0. The standard InChI is InChI=1S/C26H42O4/c1-17(7-5-13-25(2,3)30)20-11-12-21-19(8-6-14-26(20,21)4)10-9-18-15-22(27)24(29)23(28)16-18/h8-10,15,17,20-24,27-30H,5-7,11-14,16H2,1-4H3/b10-9-/t17?,20-,21?,22-,23-,24+,26-/m1/s1. The highest BCUT2D eigenvalue weighted by atomic mass is 16.4. The van der Waals surface area contributed by atoms with Crippen LogP contribution in [0.4, 0.5) is 0 Å². The van der Waals surface area contributed by atoms with E-state index in [1.165, 1.54) is 31.3 Å². The van der Waals surface area contributed by atoms with Crippen LogP contribution in [-0.4, -0.2) is 44.3 Å². The van der Waals surface area contributed by atoms with Crippen LogP contribution >= 0.6 is 0 Å². The summed E-state index contributed by atoms with van der Waals surface area (Å²) in [5.41, 5.74) is 2.03. The monoisotopic (exact) mass is 418 g/mol. The first-order chi connectivity index (χ1) is 14.0. The number of hydrogen-bond acceptors (Lipinski definition) is 4. The van der Waals surface area contributed by atoms with Gasteiger partial charge in [-0.05, 0) is 80.3 Å². The van der Waals surface area contributed by atoms with E-state index in [1.54, 1.807) is 6.08 Å². The molecule has 170 valence electrons. The number of aliphatic hydroxyl groups is 4. The summed E-state index contributed by atoms with van der Waals surface area (Å²) in [6.07, 6.45) is 13.6. The highest BCUT2D eigenvalue weighted by Crippen LogP contribution is 2.58. The van der Waals surface area contributed by atoms with Crippen LogP contribution in [0.2, 0.25) is 0 Å². The lowest BCUT2D eigenvalue weighted by molar-refractivity contribution is -0.0468. The van der Waals surface area contributed by atoms with Crippen LogP contribution in [0.25, 0.3) is 0 Å². The highest BCUT2D eigenvalue weighted by Gasteiger charge is 2.49. The van der Waals surface area contributed by atoms with Gasteiger partial charge >= 0.3 is 0 Å². The van der Waals surface area contributed by atoms with E-state index < -0.39 is 23.9 Å². The van der Waals surface area contributed by atoms with Gasteiger partial charge in [0.05, 0.1) is 11.7 Å². The molecule has 0 saturated heterocycles. The predicted octanol–water partition coefficient (Wildman–Crippen LogP) is 4.29. The summed E-state index contributed by atoms with van der Waals surface area (Å²) < 4.78 is 0. The molecule has 0 aromatic heterocycles. The van der Waals surface area contributed by atoms with Crippen molar-refractivity contribution >= 4 is 0 Å². The maximum atomic E-state index is 10.0. The third kappa shape index (κ3) is 5.27. The Morgan fingerprint density at radius 2 is 1.93 bits per heavy atom. The molecule has 3 rings (SSSR count). The van der Waals surface area contributed by atoms with Crippen molar-refractivity contribution in [3.05, 3.63) is 35.5 Å². The summed E-state index contributed by atoms with van der Waals surface area (Å²) in [5, 5.41) is 39.6. The van der Waals surface area contributed by atoms with Crippen molar-refractivity contribution < 1.29 is 20.4 Å². The van der Waals surface area contributed by atoms with Gasteiger partial charge in [-0.15, -0.1) is 0 Å². The minimum absolute atomic E-state index is 0.318. The molecule has 2 unspecified atom stereocenters. The molecular formula is C26H42O4. The van der Waals surface area contributed by atoms with Gasteiger partial charge in [0.15, 0.2) is 0 Å². The van der Waals surface area contributed by atoms with Crippen LogP contribution in [-0.2, 0) is 0 Å². The van der Waals surface area contributed by atoms with E-state index in [0.717, 1.165) is 24.8 Å². The van der Waals surface area contributed by atoms with Gasteiger partial charge in [-0.25, -0.2) is 0 Å². The summed E-state index contributed by atoms with van der Waals surface area (Å²) in [5.74, 6) is 1.95. The van der Waals surface area contributed by atoms with Crippen LogP contribution in [0.1, 0.15) is 79.1 Å². The molecule has 3 aliphatic rings. The van der Waals surface area contributed by atoms with E-state index in [2.05, 4.69) is 26.0 Å². The molecule has 0 aromatic rings. The molecule has 1 saturated carbocycles. The topological polar surface area (TPSA) is 80.9 Å². The van der Waals surface area contributed by atoms with Crippen molar-refractivity contribution in [3.8, 4) is 0 Å². The zero-order chi connectivity index (χ0) is 22.1. The number of aliphatic hydroxyl groups excluding tert-OH is 3. The lowest BCUT2D eigenvalue weighted by atomic mass is 9.62. The lowest BCUT2D eigenvalue weighted by Crippen LogP contribution is -2.39. The summed E-state index contributed by atoms with van der Waals surface area (Å²) in [7, 11) is 0. The van der Waals surface area contributed by atoms with Gasteiger partial charge in [0.2, 0.25) is 0 Å². The molecule has 3 aliphatic carbocycles. The van der Waals surface area contributed by atoms with E-state index in [4.69, 9.17) is 0 Å². The Kier molecular flexibility index (Phi) is 7.33. The Bertz CT molecular complexity index is 686. The van der Waals surface area contributed by atoms with Crippen molar-refractivity contribution in [2.45, 2.75) is 103 Å². The van der Waals surface area contributed by atoms with E-state index >= 15 is 0 Å². The minimum Gasteiger partial charge on any atom is -0.390 e. The van der Waals surface area contributed by atoms with Gasteiger partial charge in [-0.3, -0.25) is 0 Å². The van der Waals surface area contributed by atoms with Gasteiger partial charge in [-0.1, -0.05) is 51.0 Å². The average molecular weight is 419 g/mol. The van der Waals surface area contributed by atoms with Gasteiger partial charge in [-0.2, -0.15) is 0 Å². The maximum absolute atomic E-state index is 10.0. The second-order valence-electron chi connectivity index (χ2n) is 11.0. The molecule has 30 heavy (non-hydrogen) atoms. The maximum Gasteiger partial charge on any atom is 0.110 e. The Labute approximate surface area is 182 Å². The first-order valence-corrected chi connectivity index (χ1v) is 11.9. The Morgan fingerprint density at radius 3 is 2.60 bits per heavy atom. The molecule has 0 heterocycles. The smallest absolute Gasteiger partial charge is 0.110 e. The third-order valence-electron chi connectivity index (χ3n) is 8.07. The molecule has 4 heteroatoms. The molecule has 0 amide bonds. The molecule has 4 N–H and O–H groups in total. The summed E-state index contributed by atoms with van der Waals surface area (Å²) in [4.78, 5) is 0. The number of allylic oxidation sites excluding steroid dienone is 4. The van der Waals surface area contributed by atoms with E-state index in [9.17, 15) is 20.4 Å². The van der Waals surface area contributed by atoms with Gasteiger partial charge in [0, 0.05) is 6.42 Å². The fraction of sp³-hybridized carbons (Fsp3) is 0.769. The summed E-state index contributed by atoms with van der Waals surface area (Å²) in [6.45, 7) is 8.68. The SMILES string of the molecule is CC(CCCC(C)(C)O)[C@H]1CCC2C(/C=C\C3=C[C@@H](O)[C@H](O)[C@H](O)C3)=CCC[C@@]21C. The normalized spacial score (nSPS) is 38.3. The first-order valence-electron chi connectivity index (χ1n) is 11.9. The van der Waals surface area contributed by atoms with Crippen molar-refractivity contribution in [2.24, 2.45) is 23.2 Å². The van der Waals surface area contributed by atoms with Gasteiger partial charge < -0.3 is 20.4 Å². The molecule has 0 spiro atoms. The van der Waals surface area contributed by atoms with Crippen molar-refractivity contribution in [2.75, 3.05) is 0 Å². The summed E-state index contributed by atoms with van der Waals surface area (Å²) in [6, 6.07) is 0. The summed E-state index contributed by atoms with van der Waals surface area (Å²) >= 11 is 0. The second kappa shape index (κ2) is 9.28. The van der Waals surface area contributed by atoms with Crippen molar-refractivity contribution in [3.63, 3.8) is 0 Å². The first kappa shape index (κ1) is 23.7. The van der Waals surface area contributed by atoms with Crippen LogP contribution < -0.4 is 0 Å². The quantitative estimate of drug-likeness (QED) is 0.497. The van der Waals surface area contributed by atoms with E-state index in [0.29, 0.717) is 29.6 Å². The molecule has 0 aromatic carbocycles. The zero-order valence-corrected chi connectivity index (χ0v) is 19.2. The van der Waals surface area contributed by atoms with Crippen LogP contribution in [0.3, 0.4) is 0 Å². The van der Waals surface area contributed by atoms with Crippen molar-refractivity contribution in [1.29, 1.82) is 0 Å². The number of rotatable bonds is 7. The predicted molar refractivity (Wildman–Crippen MR) is 121 cm³/mol. The molecule has 0 aliphatic heterocycles. The average Bonchev–Trinajstić information content (AvgIpc) is 3.00. The Balaban J connectivity index is 1.65. The largest absolute Gasteiger partial charge is 0.390 e. The zero-order valence-electron chi connectivity index (χ0n) is 19.2. The van der Waals surface area contributed by atoms with Gasteiger partial charge in [0.1, 0.15) is 12.2 Å². The molecule has 0 radical (unpaired) electrons. The molecule has 1 fully saturated rings. The molecule has 7 atom stereocenters. The van der Waals surface area contributed by atoms with E-state index in [1.807, 2.05) is 19.9 Å². The minimum atomic E-state index is -1.09. The fourth-order valence-electron chi connectivity index (χ4n) is 6.34. The van der Waals surface area contributed by atoms with Crippen LogP contribution in [0, 0.1) is 23.2 Å². The fourth-order valence-corrected chi connectivity index (χ4v) is 6.34. The third-order valence-corrected chi connectivity index (χ3v) is 8.07. The molecular weight excluding hydrogens is 376 g/mol. The lowest BCUT2D eigenvalue weighted by Gasteiger charge is -2.43. The Hall–Kier alpha value is -0.940. The van der Waals surface area contributed by atoms with Gasteiger partial charge in [0.25, 0.3) is 0 Å². The molecule has 4 nitrogen and oxygen atoms in total. The van der Waals surface area contributed by atoms with Crippen LogP contribution in [0.5, 0.6) is 0 Å². The Morgan fingerprint density at radius 1 is 1.20 bits per heavy atom.